The molecule has 1 aromatic carbocycles. The third-order valence-corrected chi connectivity index (χ3v) is 3.20. The summed E-state index contributed by atoms with van der Waals surface area (Å²) in [4.78, 5) is 12.0. The van der Waals surface area contributed by atoms with Crippen LogP contribution < -0.4 is 20.1 Å². The quantitative estimate of drug-likeness (QED) is 0.734. The predicted octanol–water partition coefficient (Wildman–Crippen LogP) is 2.56. The number of amides is 1. The molecule has 0 atom stereocenters. The van der Waals surface area contributed by atoms with Gasteiger partial charge in [-0.3, -0.25) is 4.79 Å². The Labute approximate surface area is 126 Å². The number of carbonyl (C=O) groups excluding carboxylic acids is 1. The zero-order valence-electron chi connectivity index (χ0n) is 12.8. The Morgan fingerprint density at radius 3 is 2.67 bits per heavy atom. The Bertz CT molecular complexity index is 473. The average molecular weight is 292 g/mol. The van der Waals surface area contributed by atoms with E-state index in [0.29, 0.717) is 43.7 Å². The van der Waals surface area contributed by atoms with E-state index in [1.54, 1.807) is 6.07 Å². The van der Waals surface area contributed by atoms with Gasteiger partial charge in [0.15, 0.2) is 0 Å². The molecule has 0 bridgehead atoms. The second-order valence-electron chi connectivity index (χ2n) is 5.05. The summed E-state index contributed by atoms with van der Waals surface area (Å²) in [6.07, 6.45) is 2.92. The molecule has 1 fully saturated rings. The van der Waals surface area contributed by atoms with Crippen LogP contribution in [0.5, 0.6) is 11.5 Å². The Balaban J connectivity index is 1.93. The highest BCUT2D eigenvalue weighted by Crippen LogP contribution is 2.29. The van der Waals surface area contributed by atoms with Crippen molar-refractivity contribution in [1.82, 2.24) is 5.32 Å². The summed E-state index contributed by atoms with van der Waals surface area (Å²) in [6.45, 7) is 5.71. The molecule has 0 heterocycles. The van der Waals surface area contributed by atoms with Crippen LogP contribution in [-0.4, -0.2) is 31.7 Å². The number of anilines is 1. The Kier molecular flexibility index (Phi) is 5.87. The maximum Gasteiger partial charge on any atom is 0.225 e. The van der Waals surface area contributed by atoms with Crippen molar-refractivity contribution in [3.8, 4) is 11.5 Å². The van der Waals surface area contributed by atoms with Crippen molar-refractivity contribution in [1.29, 1.82) is 0 Å². The molecule has 116 valence electrons. The third kappa shape index (κ3) is 5.27. The van der Waals surface area contributed by atoms with E-state index in [9.17, 15) is 4.79 Å². The SMILES string of the molecule is CCOc1ccc(OCC)c(NC(=O)CCNC2CC2)c1. The molecular weight excluding hydrogens is 268 g/mol. The van der Waals surface area contributed by atoms with Crippen molar-refractivity contribution in [3.05, 3.63) is 18.2 Å². The third-order valence-electron chi connectivity index (χ3n) is 3.20. The lowest BCUT2D eigenvalue weighted by atomic mass is 10.2. The molecule has 1 aliphatic rings. The van der Waals surface area contributed by atoms with Crippen LogP contribution in [0.4, 0.5) is 5.69 Å². The zero-order chi connectivity index (χ0) is 15.1. The van der Waals surface area contributed by atoms with Gasteiger partial charge in [0.25, 0.3) is 0 Å². The highest BCUT2D eigenvalue weighted by molar-refractivity contribution is 5.92. The minimum atomic E-state index is -0.0160. The van der Waals surface area contributed by atoms with E-state index in [1.165, 1.54) is 12.8 Å². The largest absolute Gasteiger partial charge is 0.494 e. The number of rotatable bonds is 9. The van der Waals surface area contributed by atoms with E-state index >= 15 is 0 Å². The first-order valence-electron chi connectivity index (χ1n) is 7.65. The van der Waals surface area contributed by atoms with Gasteiger partial charge in [0.2, 0.25) is 5.91 Å². The van der Waals surface area contributed by atoms with E-state index in [-0.39, 0.29) is 5.91 Å². The van der Waals surface area contributed by atoms with E-state index < -0.39 is 0 Å². The van der Waals surface area contributed by atoms with Crippen LogP contribution in [0.15, 0.2) is 18.2 Å². The maximum absolute atomic E-state index is 12.0. The number of carbonyl (C=O) groups is 1. The highest BCUT2D eigenvalue weighted by Gasteiger charge is 2.20. The van der Waals surface area contributed by atoms with Gasteiger partial charge < -0.3 is 20.1 Å². The molecule has 0 aliphatic heterocycles. The van der Waals surface area contributed by atoms with Crippen LogP contribution >= 0.6 is 0 Å². The number of nitrogens with one attached hydrogen (secondary N) is 2. The smallest absolute Gasteiger partial charge is 0.225 e. The number of hydrogen-bond donors (Lipinski definition) is 2. The Hall–Kier alpha value is -1.75. The number of hydrogen-bond acceptors (Lipinski definition) is 4. The summed E-state index contributed by atoms with van der Waals surface area (Å²) < 4.78 is 11.0. The average Bonchev–Trinajstić information content (AvgIpc) is 3.26. The second kappa shape index (κ2) is 7.88. The van der Waals surface area contributed by atoms with Crippen molar-refractivity contribution in [2.45, 2.75) is 39.2 Å². The topological polar surface area (TPSA) is 59.6 Å². The minimum Gasteiger partial charge on any atom is -0.494 e. The summed E-state index contributed by atoms with van der Waals surface area (Å²) in [5.41, 5.74) is 0.666. The second-order valence-corrected chi connectivity index (χ2v) is 5.05. The van der Waals surface area contributed by atoms with Gasteiger partial charge in [-0.15, -0.1) is 0 Å². The maximum atomic E-state index is 12.0. The molecule has 0 spiro atoms. The fourth-order valence-electron chi connectivity index (χ4n) is 2.03. The highest BCUT2D eigenvalue weighted by atomic mass is 16.5. The fourth-order valence-corrected chi connectivity index (χ4v) is 2.03. The van der Waals surface area contributed by atoms with Gasteiger partial charge in [0.05, 0.1) is 18.9 Å². The Morgan fingerprint density at radius 1 is 1.24 bits per heavy atom. The first kappa shape index (κ1) is 15.6. The monoisotopic (exact) mass is 292 g/mol. The van der Waals surface area contributed by atoms with Crippen molar-refractivity contribution < 1.29 is 14.3 Å². The zero-order valence-corrected chi connectivity index (χ0v) is 12.8. The lowest BCUT2D eigenvalue weighted by Gasteiger charge is -2.13. The molecule has 0 unspecified atom stereocenters. The van der Waals surface area contributed by atoms with Gasteiger partial charge in [0, 0.05) is 25.1 Å². The molecule has 5 heteroatoms. The van der Waals surface area contributed by atoms with E-state index in [1.807, 2.05) is 26.0 Å². The summed E-state index contributed by atoms with van der Waals surface area (Å²) in [7, 11) is 0. The lowest BCUT2D eigenvalue weighted by Crippen LogP contribution is -2.23. The molecule has 0 saturated heterocycles. The molecule has 2 N–H and O–H groups in total. The molecular formula is C16H24N2O3. The molecule has 1 aromatic rings. The van der Waals surface area contributed by atoms with Crippen molar-refractivity contribution >= 4 is 11.6 Å². The van der Waals surface area contributed by atoms with E-state index in [0.717, 1.165) is 5.75 Å². The van der Waals surface area contributed by atoms with Crippen LogP contribution in [0.3, 0.4) is 0 Å². The lowest BCUT2D eigenvalue weighted by molar-refractivity contribution is -0.116. The van der Waals surface area contributed by atoms with Crippen molar-refractivity contribution in [2.75, 3.05) is 25.1 Å². The van der Waals surface area contributed by atoms with E-state index in [2.05, 4.69) is 10.6 Å². The summed E-state index contributed by atoms with van der Waals surface area (Å²) in [5.74, 6) is 1.38. The molecule has 1 aliphatic carbocycles. The molecule has 21 heavy (non-hydrogen) atoms. The normalized spacial score (nSPS) is 13.8. The standard InChI is InChI=1S/C16H24N2O3/c1-3-20-13-7-8-15(21-4-2)14(11-13)18-16(19)9-10-17-12-5-6-12/h7-8,11-12,17H,3-6,9-10H2,1-2H3,(H,18,19). The fraction of sp³-hybridized carbons (Fsp3) is 0.562. The van der Waals surface area contributed by atoms with Gasteiger partial charge in [0.1, 0.15) is 11.5 Å². The molecule has 0 aromatic heterocycles. The summed E-state index contributed by atoms with van der Waals surface area (Å²) in [5, 5.41) is 6.23. The summed E-state index contributed by atoms with van der Waals surface area (Å²) >= 11 is 0. The van der Waals surface area contributed by atoms with Gasteiger partial charge in [-0.2, -0.15) is 0 Å². The first-order valence-corrected chi connectivity index (χ1v) is 7.65. The van der Waals surface area contributed by atoms with Crippen LogP contribution in [0.2, 0.25) is 0 Å². The van der Waals surface area contributed by atoms with Crippen molar-refractivity contribution in [2.24, 2.45) is 0 Å². The van der Waals surface area contributed by atoms with Crippen LogP contribution in [0, 0.1) is 0 Å². The van der Waals surface area contributed by atoms with Gasteiger partial charge in [-0.25, -0.2) is 0 Å². The predicted molar refractivity (Wildman–Crippen MR) is 83.1 cm³/mol. The van der Waals surface area contributed by atoms with Crippen LogP contribution in [0.1, 0.15) is 33.1 Å². The van der Waals surface area contributed by atoms with Crippen molar-refractivity contribution in [3.63, 3.8) is 0 Å². The molecule has 2 rings (SSSR count). The molecule has 1 amide bonds. The molecule has 5 nitrogen and oxygen atoms in total. The first-order chi connectivity index (χ1) is 10.2. The van der Waals surface area contributed by atoms with Gasteiger partial charge >= 0.3 is 0 Å². The summed E-state index contributed by atoms with van der Waals surface area (Å²) in [6, 6.07) is 6.10. The molecule has 1 saturated carbocycles. The van der Waals surface area contributed by atoms with Gasteiger partial charge in [-0.1, -0.05) is 0 Å². The number of benzene rings is 1. The molecule has 0 radical (unpaired) electrons. The minimum absolute atomic E-state index is 0.0160. The van der Waals surface area contributed by atoms with E-state index in [4.69, 9.17) is 9.47 Å². The number of ether oxygens (including phenoxy) is 2. The van der Waals surface area contributed by atoms with Crippen LogP contribution in [-0.2, 0) is 4.79 Å². The van der Waals surface area contributed by atoms with Gasteiger partial charge in [-0.05, 0) is 38.8 Å². The Morgan fingerprint density at radius 2 is 2.00 bits per heavy atom. The van der Waals surface area contributed by atoms with Crippen LogP contribution in [0.25, 0.3) is 0 Å².